The summed E-state index contributed by atoms with van der Waals surface area (Å²) in [5, 5.41) is 5.62. The lowest BCUT2D eigenvalue weighted by Gasteiger charge is -2.19. The maximum Gasteiger partial charge on any atom is 0.264 e. The molecule has 0 heterocycles. The van der Waals surface area contributed by atoms with Crippen molar-refractivity contribution in [2.75, 3.05) is 23.3 Å². The highest BCUT2D eigenvalue weighted by molar-refractivity contribution is 7.92. The molecule has 0 aromatic heterocycles. The Bertz CT molecular complexity index is 1240. The van der Waals surface area contributed by atoms with E-state index in [1.54, 1.807) is 60.7 Å². The molecule has 178 valence electrons. The highest BCUT2D eigenvalue weighted by atomic mass is 32.2. The lowest BCUT2D eigenvalue weighted by molar-refractivity contribution is 0.0973. The lowest BCUT2D eigenvalue weighted by Crippen LogP contribution is -2.34. The molecule has 0 atom stereocenters. The first-order valence-corrected chi connectivity index (χ1v) is 12.5. The van der Waals surface area contributed by atoms with E-state index in [1.807, 2.05) is 19.9 Å². The Morgan fingerprint density at radius 2 is 1.59 bits per heavy atom. The lowest BCUT2D eigenvalue weighted by atomic mass is 10.2. The summed E-state index contributed by atoms with van der Waals surface area (Å²) >= 11 is 5.26. The molecule has 0 unspecified atom stereocenters. The summed E-state index contributed by atoms with van der Waals surface area (Å²) in [5.74, 6) is 0.396. The number of ether oxygens (including phenoxy) is 1. The predicted octanol–water partition coefficient (Wildman–Crippen LogP) is 4.67. The molecule has 0 saturated heterocycles. The maximum absolute atomic E-state index is 12.9. The van der Waals surface area contributed by atoms with Crippen molar-refractivity contribution in [3.8, 4) is 5.75 Å². The first-order valence-electron chi connectivity index (χ1n) is 10.7. The van der Waals surface area contributed by atoms with Gasteiger partial charge in [0.25, 0.3) is 15.9 Å². The van der Waals surface area contributed by atoms with Crippen LogP contribution in [0.15, 0.2) is 83.8 Å². The van der Waals surface area contributed by atoms with Crippen molar-refractivity contribution in [1.82, 2.24) is 5.32 Å². The van der Waals surface area contributed by atoms with Crippen molar-refractivity contribution in [1.29, 1.82) is 0 Å². The Balaban J connectivity index is 1.65. The topological polar surface area (TPSA) is 87.7 Å². The van der Waals surface area contributed by atoms with Crippen LogP contribution in [0.5, 0.6) is 5.75 Å². The number of nitrogens with one attached hydrogen (secondary N) is 2. The van der Waals surface area contributed by atoms with Crippen molar-refractivity contribution >= 4 is 44.6 Å². The molecule has 0 aliphatic rings. The van der Waals surface area contributed by atoms with Gasteiger partial charge in [0.15, 0.2) is 5.11 Å². The summed E-state index contributed by atoms with van der Waals surface area (Å²) in [6, 6.07) is 21.9. The zero-order chi connectivity index (χ0) is 24.7. The summed E-state index contributed by atoms with van der Waals surface area (Å²) < 4.78 is 32.8. The maximum atomic E-state index is 12.9. The number of rotatable bonds is 8. The molecule has 0 radical (unpaired) electrons. The van der Waals surface area contributed by atoms with E-state index >= 15 is 0 Å². The van der Waals surface area contributed by atoms with Crippen LogP contribution in [0.3, 0.4) is 0 Å². The van der Waals surface area contributed by atoms with Gasteiger partial charge in [0.05, 0.1) is 22.8 Å². The molecule has 0 aliphatic carbocycles. The quantitative estimate of drug-likeness (QED) is 0.440. The van der Waals surface area contributed by atoms with E-state index in [4.69, 9.17) is 17.0 Å². The van der Waals surface area contributed by atoms with Crippen LogP contribution >= 0.6 is 12.2 Å². The number of benzene rings is 3. The molecule has 0 fully saturated rings. The van der Waals surface area contributed by atoms with Crippen LogP contribution in [-0.4, -0.2) is 33.1 Å². The fraction of sp³-hybridized carbons (Fsp3) is 0.200. The first-order chi connectivity index (χ1) is 16.2. The largest absolute Gasteiger partial charge is 0.492 e. The second kappa shape index (κ2) is 11.1. The first kappa shape index (κ1) is 25.2. The van der Waals surface area contributed by atoms with Crippen LogP contribution in [0.4, 0.5) is 11.4 Å². The van der Waals surface area contributed by atoms with Crippen LogP contribution in [-0.2, 0) is 10.0 Å². The minimum Gasteiger partial charge on any atom is -0.492 e. The van der Waals surface area contributed by atoms with E-state index < -0.39 is 15.9 Å². The highest BCUT2D eigenvalue weighted by Crippen LogP contribution is 2.23. The summed E-state index contributed by atoms with van der Waals surface area (Å²) in [4.78, 5) is 12.8. The van der Waals surface area contributed by atoms with Crippen LogP contribution in [0.25, 0.3) is 0 Å². The standard InChI is InChI=1S/C25H27N3O4S2/c1-18(2)17-32-23-12-8-7-11-22(23)24(29)27-25(33)26-19-13-15-21(16-14-19)34(30,31)28(3)20-9-5-4-6-10-20/h4-16,18H,17H2,1-3H3,(H2,26,27,29,33). The second-order valence-corrected chi connectivity index (χ2v) is 10.3. The number of hydrogen-bond donors (Lipinski definition) is 2. The van der Waals surface area contributed by atoms with Gasteiger partial charge in [-0.3, -0.25) is 14.4 Å². The van der Waals surface area contributed by atoms with Gasteiger partial charge in [-0.25, -0.2) is 8.42 Å². The Morgan fingerprint density at radius 1 is 0.971 bits per heavy atom. The molecule has 0 saturated carbocycles. The molecule has 9 heteroatoms. The summed E-state index contributed by atoms with van der Waals surface area (Å²) in [6.45, 7) is 4.54. The predicted molar refractivity (Wildman–Crippen MR) is 139 cm³/mol. The summed E-state index contributed by atoms with van der Waals surface area (Å²) in [5.41, 5.74) is 1.47. The number of thiocarbonyl (C=S) groups is 1. The van der Waals surface area contributed by atoms with E-state index in [0.717, 1.165) is 0 Å². The highest BCUT2D eigenvalue weighted by Gasteiger charge is 2.21. The van der Waals surface area contributed by atoms with Crippen molar-refractivity contribution in [2.24, 2.45) is 5.92 Å². The Morgan fingerprint density at radius 3 is 2.24 bits per heavy atom. The molecule has 3 aromatic rings. The number of anilines is 2. The zero-order valence-electron chi connectivity index (χ0n) is 19.2. The van der Waals surface area contributed by atoms with E-state index in [-0.39, 0.29) is 10.0 Å². The van der Waals surface area contributed by atoms with E-state index in [2.05, 4.69) is 10.6 Å². The number of amides is 1. The fourth-order valence-electron chi connectivity index (χ4n) is 3.01. The van der Waals surface area contributed by atoms with Crippen LogP contribution in [0.2, 0.25) is 0 Å². The van der Waals surface area contributed by atoms with Crippen LogP contribution in [0.1, 0.15) is 24.2 Å². The number of carbonyl (C=O) groups excluding carboxylic acids is 1. The third-order valence-electron chi connectivity index (χ3n) is 4.82. The molecule has 0 aliphatic heterocycles. The summed E-state index contributed by atoms with van der Waals surface area (Å²) in [6.07, 6.45) is 0. The molecule has 0 spiro atoms. The normalized spacial score (nSPS) is 11.1. The van der Waals surface area contributed by atoms with Gasteiger partial charge in [-0.05, 0) is 66.7 Å². The number of nitrogens with zero attached hydrogens (tertiary/aromatic N) is 1. The van der Waals surface area contributed by atoms with Gasteiger partial charge < -0.3 is 10.1 Å². The Labute approximate surface area is 205 Å². The molecule has 34 heavy (non-hydrogen) atoms. The molecular formula is C25H27N3O4S2. The minimum atomic E-state index is -3.72. The Hall–Kier alpha value is -3.43. The molecule has 2 N–H and O–H groups in total. The van der Waals surface area contributed by atoms with Crippen molar-refractivity contribution in [3.05, 3.63) is 84.4 Å². The second-order valence-electron chi connectivity index (χ2n) is 7.94. The number of hydrogen-bond acceptors (Lipinski definition) is 5. The molecule has 3 rings (SSSR count). The summed E-state index contributed by atoms with van der Waals surface area (Å²) in [7, 11) is -2.22. The fourth-order valence-corrected chi connectivity index (χ4v) is 4.42. The Kier molecular flexibility index (Phi) is 8.25. The van der Waals surface area contributed by atoms with Gasteiger partial charge in [-0.15, -0.1) is 0 Å². The molecule has 1 amide bonds. The van der Waals surface area contributed by atoms with Gasteiger partial charge in [0.2, 0.25) is 0 Å². The van der Waals surface area contributed by atoms with Gasteiger partial charge in [0.1, 0.15) is 5.75 Å². The molecule has 0 bridgehead atoms. The zero-order valence-corrected chi connectivity index (χ0v) is 20.8. The van der Waals surface area contributed by atoms with Crippen LogP contribution in [0, 0.1) is 5.92 Å². The van der Waals surface area contributed by atoms with E-state index in [1.165, 1.54) is 23.5 Å². The van der Waals surface area contributed by atoms with Gasteiger partial charge >= 0.3 is 0 Å². The molecular weight excluding hydrogens is 470 g/mol. The molecule has 3 aromatic carbocycles. The monoisotopic (exact) mass is 497 g/mol. The van der Waals surface area contributed by atoms with Crippen molar-refractivity contribution < 1.29 is 17.9 Å². The third-order valence-corrected chi connectivity index (χ3v) is 6.83. The van der Waals surface area contributed by atoms with Crippen LogP contribution < -0.4 is 19.7 Å². The average Bonchev–Trinajstić information content (AvgIpc) is 2.83. The molecule has 7 nitrogen and oxygen atoms in total. The minimum absolute atomic E-state index is 0.0840. The number of para-hydroxylation sites is 2. The van der Waals surface area contributed by atoms with E-state index in [9.17, 15) is 13.2 Å². The number of sulfonamides is 1. The van der Waals surface area contributed by atoms with Gasteiger partial charge in [0, 0.05) is 12.7 Å². The third kappa shape index (κ3) is 6.33. The average molecular weight is 498 g/mol. The van der Waals surface area contributed by atoms with Gasteiger partial charge in [-0.1, -0.05) is 44.2 Å². The van der Waals surface area contributed by atoms with E-state index in [0.29, 0.717) is 35.2 Å². The van der Waals surface area contributed by atoms with Crippen molar-refractivity contribution in [3.63, 3.8) is 0 Å². The smallest absolute Gasteiger partial charge is 0.264 e. The SMILES string of the molecule is CC(C)COc1ccccc1C(=O)NC(=S)Nc1ccc(S(=O)(=O)N(C)c2ccccc2)cc1. The van der Waals surface area contributed by atoms with Gasteiger partial charge in [-0.2, -0.15) is 0 Å². The number of carbonyl (C=O) groups is 1. The van der Waals surface area contributed by atoms with Crippen molar-refractivity contribution in [2.45, 2.75) is 18.7 Å².